The van der Waals surface area contributed by atoms with Crippen LogP contribution in [0.5, 0.6) is 0 Å². The predicted octanol–water partition coefficient (Wildman–Crippen LogP) is 7.91. The zero-order chi connectivity index (χ0) is 25.3. The molecule has 2 aliphatic rings. The number of aromatic nitrogens is 1. The predicted molar refractivity (Wildman–Crippen MR) is 151 cm³/mol. The van der Waals surface area contributed by atoms with Crippen molar-refractivity contribution in [1.29, 1.82) is 0 Å². The number of nitrogens with one attached hydrogen (secondary N) is 1. The minimum atomic E-state index is 0.313. The zero-order valence-corrected chi connectivity index (χ0v) is 23.1. The molecule has 1 saturated carbocycles. The highest BCUT2D eigenvalue weighted by Gasteiger charge is 2.29. The molecule has 0 amide bonds. The molecule has 1 aliphatic carbocycles. The minimum Gasteiger partial charge on any atom is -0.311 e. The number of rotatable bonds is 12. The van der Waals surface area contributed by atoms with Crippen molar-refractivity contribution in [3.05, 3.63) is 63.5 Å². The third-order valence-corrected chi connectivity index (χ3v) is 8.66. The van der Waals surface area contributed by atoms with Gasteiger partial charge in [-0.3, -0.25) is 9.78 Å². The van der Waals surface area contributed by atoms with Gasteiger partial charge >= 0.3 is 0 Å². The van der Waals surface area contributed by atoms with E-state index in [9.17, 15) is 4.79 Å². The third-order valence-electron chi connectivity index (χ3n) is 8.66. The highest BCUT2D eigenvalue weighted by Crippen LogP contribution is 2.41. The van der Waals surface area contributed by atoms with Gasteiger partial charge in [0.2, 0.25) is 0 Å². The minimum absolute atomic E-state index is 0.313. The summed E-state index contributed by atoms with van der Waals surface area (Å²) in [7, 11) is 0. The Bertz CT molecular complexity index is 994. The number of hydrogen-bond donors (Lipinski definition) is 1. The Kier molecular flexibility index (Phi) is 10.2. The number of ketones is 1. The molecule has 4 rings (SSSR count). The Balaban J connectivity index is 1.43. The lowest BCUT2D eigenvalue weighted by atomic mass is 9.75. The molecule has 3 heteroatoms. The SMILES string of the molecule is CCCCc1ccc(C(=O)CCC2CCCC(c3nc4c(c(CCCC)c3CC)CCNC4)C2)cc1. The molecule has 2 atom stereocenters. The van der Waals surface area contributed by atoms with Crippen molar-refractivity contribution in [3.8, 4) is 0 Å². The van der Waals surface area contributed by atoms with Crippen LogP contribution in [-0.4, -0.2) is 17.3 Å². The van der Waals surface area contributed by atoms with Gasteiger partial charge in [-0.25, -0.2) is 0 Å². The highest BCUT2D eigenvalue weighted by atomic mass is 16.1. The molecule has 1 N–H and O–H groups in total. The van der Waals surface area contributed by atoms with E-state index < -0.39 is 0 Å². The van der Waals surface area contributed by atoms with Gasteiger partial charge in [-0.05, 0) is 92.5 Å². The quantitative estimate of drug-likeness (QED) is 0.309. The standard InChI is InChI=1S/C33H48N2O/c1-4-7-10-24-14-17-26(18-15-24)32(36)19-16-25-11-9-12-27(22-25)33-28(6-3)29(13-8-5-2)30-20-21-34-23-31(30)35-33/h14-15,17-18,25,27,34H,4-13,16,19-23H2,1-3H3. The Hall–Kier alpha value is -2.00. The number of fused-ring (bicyclic) bond motifs is 1. The number of carbonyl (C=O) groups is 1. The molecular formula is C33H48N2O. The lowest BCUT2D eigenvalue weighted by Crippen LogP contribution is -2.28. The van der Waals surface area contributed by atoms with Gasteiger partial charge in [0, 0.05) is 30.1 Å². The maximum atomic E-state index is 13.0. The second-order valence-corrected chi connectivity index (χ2v) is 11.3. The first-order valence-electron chi connectivity index (χ1n) is 15.0. The van der Waals surface area contributed by atoms with Crippen LogP contribution in [0.15, 0.2) is 24.3 Å². The monoisotopic (exact) mass is 488 g/mol. The van der Waals surface area contributed by atoms with E-state index in [4.69, 9.17) is 4.98 Å². The molecule has 0 radical (unpaired) electrons. The molecule has 0 bridgehead atoms. The molecule has 0 saturated heterocycles. The van der Waals surface area contributed by atoms with Gasteiger partial charge in [0.25, 0.3) is 0 Å². The van der Waals surface area contributed by atoms with E-state index in [1.165, 1.54) is 74.7 Å². The van der Waals surface area contributed by atoms with Crippen molar-refractivity contribution in [1.82, 2.24) is 10.3 Å². The number of Topliss-reactive ketones (excluding diaryl/α,β-unsaturated/α-hetero) is 1. The maximum Gasteiger partial charge on any atom is 0.162 e. The fourth-order valence-corrected chi connectivity index (χ4v) is 6.56. The highest BCUT2D eigenvalue weighted by molar-refractivity contribution is 5.96. The van der Waals surface area contributed by atoms with Gasteiger partial charge < -0.3 is 5.32 Å². The van der Waals surface area contributed by atoms with Crippen molar-refractivity contribution >= 4 is 5.78 Å². The Morgan fingerprint density at radius 1 is 1.00 bits per heavy atom. The van der Waals surface area contributed by atoms with Crippen molar-refractivity contribution < 1.29 is 4.79 Å². The van der Waals surface area contributed by atoms with E-state index in [0.29, 0.717) is 24.0 Å². The number of pyridine rings is 1. The molecule has 3 nitrogen and oxygen atoms in total. The molecule has 1 aromatic heterocycles. The number of carbonyl (C=O) groups excluding carboxylic acids is 1. The molecule has 196 valence electrons. The van der Waals surface area contributed by atoms with Crippen LogP contribution < -0.4 is 5.32 Å². The number of aryl methyl sites for hydroxylation is 1. The van der Waals surface area contributed by atoms with Crippen LogP contribution in [0.1, 0.15) is 135 Å². The molecule has 1 fully saturated rings. The van der Waals surface area contributed by atoms with E-state index in [1.807, 2.05) is 12.1 Å². The van der Waals surface area contributed by atoms with E-state index >= 15 is 0 Å². The second-order valence-electron chi connectivity index (χ2n) is 11.3. The second kappa shape index (κ2) is 13.5. The molecule has 1 aliphatic heterocycles. The number of hydrogen-bond acceptors (Lipinski definition) is 3. The van der Waals surface area contributed by atoms with Crippen molar-refractivity contribution in [2.45, 2.75) is 123 Å². The van der Waals surface area contributed by atoms with Gasteiger partial charge in [-0.15, -0.1) is 0 Å². The summed E-state index contributed by atoms with van der Waals surface area (Å²) in [5, 5.41) is 3.56. The van der Waals surface area contributed by atoms with Crippen LogP contribution in [0.4, 0.5) is 0 Å². The van der Waals surface area contributed by atoms with E-state index in [2.05, 4.69) is 38.2 Å². The molecule has 0 spiro atoms. The Morgan fingerprint density at radius 3 is 2.53 bits per heavy atom. The summed E-state index contributed by atoms with van der Waals surface area (Å²) in [5.41, 5.74) is 9.72. The average molecular weight is 489 g/mol. The van der Waals surface area contributed by atoms with Gasteiger partial charge in [-0.2, -0.15) is 0 Å². The summed E-state index contributed by atoms with van der Waals surface area (Å²) in [6, 6.07) is 8.40. The van der Waals surface area contributed by atoms with Crippen LogP contribution in [0.3, 0.4) is 0 Å². The first-order chi connectivity index (χ1) is 17.6. The van der Waals surface area contributed by atoms with Crippen LogP contribution >= 0.6 is 0 Å². The van der Waals surface area contributed by atoms with Gasteiger partial charge in [0.15, 0.2) is 5.78 Å². The lowest BCUT2D eigenvalue weighted by Gasteiger charge is -2.32. The van der Waals surface area contributed by atoms with Crippen molar-refractivity contribution in [2.75, 3.05) is 6.54 Å². The molecule has 2 aromatic rings. The molecule has 2 unspecified atom stereocenters. The van der Waals surface area contributed by atoms with E-state index in [0.717, 1.165) is 44.3 Å². The molecular weight excluding hydrogens is 440 g/mol. The van der Waals surface area contributed by atoms with Crippen molar-refractivity contribution in [3.63, 3.8) is 0 Å². The zero-order valence-electron chi connectivity index (χ0n) is 23.1. The largest absolute Gasteiger partial charge is 0.311 e. The number of unbranched alkanes of at least 4 members (excludes halogenated alkanes) is 2. The maximum absolute atomic E-state index is 13.0. The lowest BCUT2D eigenvalue weighted by molar-refractivity contribution is 0.0969. The molecule has 1 aromatic carbocycles. The normalized spacial score (nSPS) is 19.8. The summed E-state index contributed by atoms with van der Waals surface area (Å²) in [5.74, 6) is 1.50. The van der Waals surface area contributed by atoms with Crippen LogP contribution in [-0.2, 0) is 32.2 Å². The molecule has 36 heavy (non-hydrogen) atoms. The molecule has 2 heterocycles. The summed E-state index contributed by atoms with van der Waals surface area (Å²) in [6.45, 7) is 8.86. The van der Waals surface area contributed by atoms with Crippen LogP contribution in [0.25, 0.3) is 0 Å². The van der Waals surface area contributed by atoms with Crippen LogP contribution in [0.2, 0.25) is 0 Å². The first kappa shape index (κ1) is 27.0. The summed E-state index contributed by atoms with van der Waals surface area (Å²) < 4.78 is 0. The van der Waals surface area contributed by atoms with Crippen LogP contribution in [0, 0.1) is 5.92 Å². The van der Waals surface area contributed by atoms with Gasteiger partial charge in [0.05, 0.1) is 5.69 Å². The Labute approximate surface area is 219 Å². The third kappa shape index (κ3) is 6.65. The first-order valence-corrected chi connectivity index (χ1v) is 15.0. The average Bonchev–Trinajstić information content (AvgIpc) is 2.93. The van der Waals surface area contributed by atoms with Gasteiger partial charge in [-0.1, -0.05) is 70.7 Å². The fourth-order valence-electron chi connectivity index (χ4n) is 6.56. The Morgan fingerprint density at radius 2 is 1.78 bits per heavy atom. The number of nitrogens with zero attached hydrogens (tertiary/aromatic N) is 1. The topological polar surface area (TPSA) is 42.0 Å². The summed E-state index contributed by atoms with van der Waals surface area (Å²) >= 11 is 0. The van der Waals surface area contributed by atoms with Crippen molar-refractivity contribution in [2.24, 2.45) is 5.92 Å². The van der Waals surface area contributed by atoms with Gasteiger partial charge in [0.1, 0.15) is 0 Å². The fraction of sp³-hybridized carbons (Fsp3) is 0.636. The summed E-state index contributed by atoms with van der Waals surface area (Å²) in [6.07, 6.45) is 16.1. The number of benzene rings is 1. The smallest absolute Gasteiger partial charge is 0.162 e. The van der Waals surface area contributed by atoms with E-state index in [1.54, 1.807) is 16.7 Å². The summed E-state index contributed by atoms with van der Waals surface area (Å²) in [4.78, 5) is 18.3. The van der Waals surface area contributed by atoms with E-state index in [-0.39, 0.29) is 0 Å².